The van der Waals surface area contributed by atoms with Gasteiger partial charge in [0.05, 0.1) is 0 Å². The van der Waals surface area contributed by atoms with E-state index in [1.165, 1.54) is 0 Å². The van der Waals surface area contributed by atoms with Gasteiger partial charge in [0.15, 0.2) is 0 Å². The molecule has 0 fully saturated rings. The fourth-order valence-corrected chi connectivity index (χ4v) is 0.158. The van der Waals surface area contributed by atoms with Crippen LogP contribution in [0.15, 0.2) is 0 Å². The molecule has 0 atom stereocenters. The van der Waals surface area contributed by atoms with Gasteiger partial charge in [-0.2, -0.15) is 0 Å². The van der Waals surface area contributed by atoms with Crippen molar-refractivity contribution >= 4 is 0 Å². The zero-order valence-electron chi connectivity index (χ0n) is 7.09. The van der Waals surface area contributed by atoms with Crippen molar-refractivity contribution in [3.8, 4) is 0 Å². The first-order valence-corrected chi connectivity index (χ1v) is 3.44. The first-order valence-electron chi connectivity index (χ1n) is 3.44. The summed E-state index contributed by atoms with van der Waals surface area (Å²) < 4.78 is 0. The summed E-state index contributed by atoms with van der Waals surface area (Å²) in [4.78, 5) is 0. The van der Waals surface area contributed by atoms with Crippen LogP contribution in [0.2, 0.25) is 0 Å². The molecule has 0 amide bonds. The number of unbranched alkanes of at least 4 members (excludes halogenated alkanes) is 1. The van der Waals surface area contributed by atoms with Crippen LogP contribution in [0.4, 0.5) is 0 Å². The second-order valence-electron chi connectivity index (χ2n) is 2.17. The summed E-state index contributed by atoms with van der Waals surface area (Å²) in [7, 11) is 0. The van der Waals surface area contributed by atoms with Crippen LogP contribution in [0, 0.1) is 0 Å². The van der Waals surface area contributed by atoms with Gasteiger partial charge in [-0.3, -0.25) is 0 Å². The zero-order valence-corrected chi connectivity index (χ0v) is 8.65. The van der Waals surface area contributed by atoms with Gasteiger partial charge < -0.3 is 10.2 Å². The summed E-state index contributed by atoms with van der Waals surface area (Å²) in [6.07, 6.45) is 1.87. The van der Waals surface area contributed by atoms with Gasteiger partial charge in [0, 0.05) is 34.4 Å². The quantitative estimate of drug-likeness (QED) is 0.629. The molecule has 0 rings (SSSR count). The molecular formula is C7H18O2Ti. The van der Waals surface area contributed by atoms with Crippen LogP contribution in [0.3, 0.4) is 0 Å². The third-order valence-corrected chi connectivity index (χ3v) is 0.512. The Bertz CT molecular complexity index is 35.8. The third kappa shape index (κ3) is 72.5. The first kappa shape index (κ1) is 16.9. The second kappa shape index (κ2) is 16.3. The smallest absolute Gasteiger partial charge is 0.0483 e. The number of rotatable bonds is 2. The summed E-state index contributed by atoms with van der Waals surface area (Å²) in [5.74, 6) is 0. The molecule has 0 unspecified atom stereocenters. The maximum absolute atomic E-state index is 8.07. The number of aliphatic hydroxyl groups is 2. The van der Waals surface area contributed by atoms with E-state index in [0.29, 0.717) is 6.61 Å². The average molecular weight is 182 g/mol. The monoisotopic (exact) mass is 182 g/mol. The minimum absolute atomic E-state index is 0. The summed E-state index contributed by atoms with van der Waals surface area (Å²) in [5, 5.41) is 16.1. The van der Waals surface area contributed by atoms with Crippen LogP contribution in [0.5, 0.6) is 0 Å². The second-order valence-corrected chi connectivity index (χ2v) is 2.17. The van der Waals surface area contributed by atoms with Crippen LogP contribution in [-0.2, 0) is 21.7 Å². The summed E-state index contributed by atoms with van der Waals surface area (Å²) in [6, 6.07) is 0. The Morgan fingerprint density at radius 1 is 1.30 bits per heavy atom. The average Bonchev–Trinajstić information content (AvgIpc) is 1.66. The van der Waals surface area contributed by atoms with E-state index in [2.05, 4.69) is 6.92 Å². The van der Waals surface area contributed by atoms with Crippen molar-refractivity contribution in [2.75, 3.05) is 6.61 Å². The van der Waals surface area contributed by atoms with Gasteiger partial charge in [-0.15, -0.1) is 0 Å². The van der Waals surface area contributed by atoms with Gasteiger partial charge in [-0.1, -0.05) is 13.3 Å². The van der Waals surface area contributed by atoms with E-state index in [4.69, 9.17) is 10.2 Å². The van der Waals surface area contributed by atoms with Gasteiger partial charge in [-0.05, 0) is 20.3 Å². The Balaban J connectivity index is -0.0000000910. The minimum atomic E-state index is -0.167. The van der Waals surface area contributed by atoms with Crippen molar-refractivity contribution in [1.82, 2.24) is 0 Å². The third-order valence-electron chi connectivity index (χ3n) is 0.512. The molecule has 3 heteroatoms. The van der Waals surface area contributed by atoms with Gasteiger partial charge >= 0.3 is 0 Å². The fraction of sp³-hybridized carbons (Fsp3) is 1.00. The van der Waals surface area contributed by atoms with Crippen LogP contribution in [-0.4, -0.2) is 22.9 Å². The summed E-state index contributed by atoms with van der Waals surface area (Å²) in [5.41, 5.74) is 0. The molecule has 0 aliphatic heterocycles. The van der Waals surface area contributed by atoms with Crippen LogP contribution in [0.1, 0.15) is 33.6 Å². The molecule has 10 heavy (non-hydrogen) atoms. The summed E-state index contributed by atoms with van der Waals surface area (Å²) in [6.45, 7) is 5.84. The van der Waals surface area contributed by atoms with Crippen molar-refractivity contribution < 1.29 is 31.9 Å². The van der Waals surface area contributed by atoms with E-state index in [1.54, 1.807) is 13.8 Å². The molecule has 2 nitrogen and oxygen atoms in total. The van der Waals surface area contributed by atoms with E-state index >= 15 is 0 Å². The molecule has 0 spiro atoms. The van der Waals surface area contributed by atoms with Crippen LogP contribution in [0.25, 0.3) is 0 Å². The molecular weight excluding hydrogens is 164 g/mol. The molecule has 62 valence electrons. The number of aliphatic hydroxyl groups excluding tert-OH is 2. The van der Waals surface area contributed by atoms with E-state index < -0.39 is 0 Å². The van der Waals surface area contributed by atoms with Gasteiger partial charge in [-0.25, -0.2) is 0 Å². The predicted molar refractivity (Wildman–Crippen MR) is 39.3 cm³/mol. The molecule has 2 N–H and O–H groups in total. The van der Waals surface area contributed by atoms with Crippen molar-refractivity contribution in [2.45, 2.75) is 39.7 Å². The van der Waals surface area contributed by atoms with Gasteiger partial charge in [0.1, 0.15) is 0 Å². The van der Waals surface area contributed by atoms with Crippen LogP contribution < -0.4 is 0 Å². The standard InChI is InChI=1S/C4H10O.C3H8O.Ti/c1-2-3-4-5;1-3(2)4;/h5H,2-4H2,1H3;3-4H,1-2H3;. The van der Waals surface area contributed by atoms with Crippen molar-refractivity contribution in [2.24, 2.45) is 0 Å². The molecule has 0 aromatic carbocycles. The normalized spacial score (nSPS) is 7.80. The minimum Gasteiger partial charge on any atom is -0.396 e. The first-order chi connectivity index (χ1) is 4.15. The number of hydrogen-bond donors (Lipinski definition) is 2. The summed E-state index contributed by atoms with van der Waals surface area (Å²) >= 11 is 0. The van der Waals surface area contributed by atoms with E-state index in [9.17, 15) is 0 Å². The van der Waals surface area contributed by atoms with Gasteiger partial charge in [0.2, 0.25) is 0 Å². The van der Waals surface area contributed by atoms with Crippen molar-refractivity contribution in [3.63, 3.8) is 0 Å². The Morgan fingerprint density at radius 2 is 1.60 bits per heavy atom. The number of hydrogen-bond acceptors (Lipinski definition) is 2. The van der Waals surface area contributed by atoms with Crippen molar-refractivity contribution in [3.05, 3.63) is 0 Å². The van der Waals surface area contributed by atoms with E-state index in [-0.39, 0.29) is 27.8 Å². The SMILES string of the molecule is CC(C)O.CCCCO.[Ti]. The Hall–Kier alpha value is 0.634. The molecule has 0 aliphatic rings. The van der Waals surface area contributed by atoms with Crippen LogP contribution >= 0.6 is 0 Å². The zero-order chi connectivity index (χ0) is 7.70. The van der Waals surface area contributed by atoms with Gasteiger partial charge in [0.25, 0.3) is 0 Å². The topological polar surface area (TPSA) is 40.5 Å². The molecule has 0 aromatic heterocycles. The Morgan fingerprint density at radius 3 is 1.60 bits per heavy atom. The molecule has 0 heterocycles. The maximum Gasteiger partial charge on any atom is 0.0483 e. The van der Waals surface area contributed by atoms with E-state index in [1.807, 2.05) is 0 Å². The molecule has 0 bridgehead atoms. The maximum atomic E-state index is 8.07. The molecule has 0 saturated heterocycles. The largest absolute Gasteiger partial charge is 0.396 e. The molecule has 0 aromatic rings. The fourth-order valence-electron chi connectivity index (χ4n) is 0.158. The molecule has 0 saturated carbocycles. The molecule has 0 radical (unpaired) electrons. The van der Waals surface area contributed by atoms with E-state index in [0.717, 1.165) is 12.8 Å². The Kier molecular flexibility index (Phi) is 27.6. The molecule has 0 aliphatic carbocycles. The van der Waals surface area contributed by atoms with Crippen molar-refractivity contribution in [1.29, 1.82) is 0 Å². The Labute approximate surface area is 78.5 Å². The predicted octanol–water partition coefficient (Wildman–Crippen LogP) is 1.16.